The van der Waals surface area contributed by atoms with Crippen LogP contribution in [0.25, 0.3) is 0 Å². The normalized spacial score (nSPS) is 41.3. The van der Waals surface area contributed by atoms with Crippen LogP contribution in [0, 0.1) is 23.7 Å². The first-order valence-electron chi connectivity index (χ1n) is 5.32. The summed E-state index contributed by atoms with van der Waals surface area (Å²) in [5, 5.41) is 18.0. The van der Waals surface area contributed by atoms with Gasteiger partial charge < -0.3 is 10.2 Å². The second kappa shape index (κ2) is 2.62. The van der Waals surface area contributed by atoms with Gasteiger partial charge in [0.25, 0.3) is 0 Å². The maximum Gasteiger partial charge on any atom is 0.332 e. The van der Waals surface area contributed by atoms with E-state index in [1.165, 1.54) is 0 Å². The van der Waals surface area contributed by atoms with E-state index in [-0.39, 0.29) is 23.0 Å². The van der Waals surface area contributed by atoms with Crippen molar-refractivity contribution >= 4 is 11.9 Å². The highest BCUT2D eigenvalue weighted by Gasteiger charge is 2.60. The van der Waals surface area contributed by atoms with Gasteiger partial charge in [-0.15, -0.1) is 0 Å². The molecule has 0 amide bonds. The number of fused-ring (bicyclic) bond motifs is 5. The van der Waals surface area contributed by atoms with Gasteiger partial charge in [-0.05, 0) is 31.1 Å². The lowest BCUT2D eigenvalue weighted by molar-refractivity contribution is -0.139. The molecular weight excluding hydrogens is 196 g/mol. The molecule has 0 aliphatic heterocycles. The van der Waals surface area contributed by atoms with Gasteiger partial charge in [0.1, 0.15) is 0 Å². The first kappa shape index (κ1) is 8.95. The van der Waals surface area contributed by atoms with Crippen LogP contribution in [0.2, 0.25) is 0 Å². The number of carboxylic acid groups (broad SMARTS) is 2. The molecule has 2 N–H and O–H groups in total. The van der Waals surface area contributed by atoms with Crippen molar-refractivity contribution in [1.29, 1.82) is 0 Å². The lowest BCUT2D eigenvalue weighted by Gasteiger charge is -2.41. The quantitative estimate of drug-likeness (QED) is 0.713. The summed E-state index contributed by atoms with van der Waals surface area (Å²) < 4.78 is 0. The van der Waals surface area contributed by atoms with Gasteiger partial charge in [-0.2, -0.15) is 0 Å². The molecule has 0 heterocycles. The maximum absolute atomic E-state index is 11.0. The third kappa shape index (κ3) is 0.919. The van der Waals surface area contributed by atoms with Crippen molar-refractivity contribution in [3.8, 4) is 0 Å². The fourth-order valence-electron chi connectivity index (χ4n) is 3.90. The van der Waals surface area contributed by atoms with Gasteiger partial charge >= 0.3 is 11.9 Å². The predicted molar refractivity (Wildman–Crippen MR) is 50.1 cm³/mol. The molecule has 0 unspecified atom stereocenters. The molecule has 3 aliphatic rings. The molecule has 2 bridgehead atoms. The van der Waals surface area contributed by atoms with Gasteiger partial charge in [-0.3, -0.25) is 0 Å². The van der Waals surface area contributed by atoms with E-state index >= 15 is 0 Å². The third-order valence-electron chi connectivity index (χ3n) is 4.33. The molecule has 4 nitrogen and oxygen atoms in total. The second-order valence-corrected chi connectivity index (χ2v) is 4.82. The molecule has 3 aliphatic carbocycles. The van der Waals surface area contributed by atoms with Crippen molar-refractivity contribution in [2.45, 2.75) is 19.3 Å². The summed E-state index contributed by atoms with van der Waals surface area (Å²) in [4.78, 5) is 22.0. The Labute approximate surface area is 86.6 Å². The Morgan fingerprint density at radius 2 is 1.33 bits per heavy atom. The summed E-state index contributed by atoms with van der Waals surface area (Å²) in [7, 11) is 0. The van der Waals surface area contributed by atoms with Crippen LogP contribution in [0.5, 0.6) is 0 Å². The van der Waals surface area contributed by atoms with Crippen LogP contribution >= 0.6 is 0 Å². The fourth-order valence-corrected chi connectivity index (χ4v) is 3.90. The minimum absolute atomic E-state index is 0.0485. The standard InChI is InChI=1S/C11H12O4/c12-10(13)8-6-4-1-2-5(3-4)7(6)9(8)11(14)15/h4-7H,1-3H2,(H,12,13)(H,14,15)/t4-,5+,6+,7-. The fraction of sp³-hybridized carbons (Fsp3) is 0.636. The zero-order chi connectivity index (χ0) is 10.7. The molecule has 4 heteroatoms. The number of carbonyl (C=O) groups is 2. The Bertz CT molecular complexity index is 359. The second-order valence-electron chi connectivity index (χ2n) is 4.82. The highest BCUT2D eigenvalue weighted by molar-refractivity contribution is 6.03. The molecular formula is C11H12O4. The molecule has 2 fully saturated rings. The smallest absolute Gasteiger partial charge is 0.332 e. The largest absolute Gasteiger partial charge is 0.478 e. The van der Waals surface area contributed by atoms with Crippen LogP contribution in [0.3, 0.4) is 0 Å². The van der Waals surface area contributed by atoms with Crippen LogP contribution in [-0.4, -0.2) is 22.2 Å². The number of hydrogen-bond acceptors (Lipinski definition) is 2. The Balaban J connectivity index is 2.05. The van der Waals surface area contributed by atoms with E-state index in [9.17, 15) is 9.59 Å². The molecule has 80 valence electrons. The Kier molecular flexibility index (Phi) is 1.56. The summed E-state index contributed by atoms with van der Waals surface area (Å²) >= 11 is 0. The highest BCUT2D eigenvalue weighted by Crippen LogP contribution is 2.63. The van der Waals surface area contributed by atoms with Crippen molar-refractivity contribution in [3.05, 3.63) is 11.1 Å². The first-order valence-corrected chi connectivity index (χ1v) is 5.32. The summed E-state index contributed by atoms with van der Waals surface area (Å²) in [6, 6.07) is 0. The SMILES string of the molecule is O=C(O)C1=C(C(=O)O)[C@H]2[C@@H]3CC[C@@H](C3)[C@@H]12. The van der Waals surface area contributed by atoms with Crippen molar-refractivity contribution in [1.82, 2.24) is 0 Å². The van der Waals surface area contributed by atoms with Crippen molar-refractivity contribution in [2.75, 3.05) is 0 Å². The monoisotopic (exact) mass is 208 g/mol. The Morgan fingerprint density at radius 1 is 0.933 bits per heavy atom. The van der Waals surface area contributed by atoms with Crippen molar-refractivity contribution in [3.63, 3.8) is 0 Å². The molecule has 0 saturated heterocycles. The van der Waals surface area contributed by atoms with Crippen molar-refractivity contribution < 1.29 is 19.8 Å². The van der Waals surface area contributed by atoms with Crippen LogP contribution in [-0.2, 0) is 9.59 Å². The highest BCUT2D eigenvalue weighted by atomic mass is 16.4. The van der Waals surface area contributed by atoms with Crippen LogP contribution in [0.4, 0.5) is 0 Å². The van der Waals surface area contributed by atoms with Crippen molar-refractivity contribution in [2.24, 2.45) is 23.7 Å². The molecule has 0 radical (unpaired) electrons. The summed E-state index contributed by atoms with van der Waals surface area (Å²) in [6.07, 6.45) is 3.19. The molecule has 2 saturated carbocycles. The molecule has 4 atom stereocenters. The average molecular weight is 208 g/mol. The van der Waals surface area contributed by atoms with E-state index in [1.807, 2.05) is 0 Å². The Hall–Kier alpha value is -1.32. The zero-order valence-corrected chi connectivity index (χ0v) is 8.14. The Morgan fingerprint density at radius 3 is 1.67 bits per heavy atom. The van der Waals surface area contributed by atoms with E-state index in [0.29, 0.717) is 11.8 Å². The number of aliphatic carboxylic acids is 2. The molecule has 0 aromatic rings. The van der Waals surface area contributed by atoms with Crippen LogP contribution in [0.15, 0.2) is 11.1 Å². The minimum atomic E-state index is -1.03. The van der Waals surface area contributed by atoms with E-state index in [2.05, 4.69) is 0 Å². The summed E-state index contributed by atoms with van der Waals surface area (Å²) in [5.74, 6) is -1.08. The van der Waals surface area contributed by atoms with Gasteiger partial charge in [-0.25, -0.2) is 9.59 Å². The predicted octanol–water partition coefficient (Wildman–Crippen LogP) is 1.13. The molecule has 0 aromatic heterocycles. The number of carboxylic acids is 2. The third-order valence-corrected chi connectivity index (χ3v) is 4.33. The van der Waals surface area contributed by atoms with Crippen LogP contribution in [0.1, 0.15) is 19.3 Å². The molecule has 3 rings (SSSR count). The number of rotatable bonds is 2. The number of hydrogen-bond donors (Lipinski definition) is 2. The van der Waals surface area contributed by atoms with Gasteiger partial charge in [0, 0.05) is 11.8 Å². The van der Waals surface area contributed by atoms with E-state index < -0.39 is 11.9 Å². The minimum Gasteiger partial charge on any atom is -0.478 e. The summed E-state index contributed by atoms with van der Waals surface area (Å²) in [6.45, 7) is 0. The molecule has 0 aromatic carbocycles. The maximum atomic E-state index is 11.0. The van der Waals surface area contributed by atoms with Gasteiger partial charge in [-0.1, -0.05) is 0 Å². The molecule has 15 heavy (non-hydrogen) atoms. The zero-order valence-electron chi connectivity index (χ0n) is 8.14. The van der Waals surface area contributed by atoms with E-state index in [1.54, 1.807) is 0 Å². The van der Waals surface area contributed by atoms with E-state index in [4.69, 9.17) is 10.2 Å². The lowest BCUT2D eigenvalue weighted by atomic mass is 9.61. The van der Waals surface area contributed by atoms with Gasteiger partial charge in [0.2, 0.25) is 0 Å². The lowest BCUT2D eigenvalue weighted by Crippen LogP contribution is -2.41. The van der Waals surface area contributed by atoms with Gasteiger partial charge in [0.05, 0.1) is 11.1 Å². The van der Waals surface area contributed by atoms with E-state index in [0.717, 1.165) is 19.3 Å². The average Bonchev–Trinajstić information content (AvgIpc) is 2.58. The van der Waals surface area contributed by atoms with Crippen LogP contribution < -0.4 is 0 Å². The topological polar surface area (TPSA) is 74.6 Å². The van der Waals surface area contributed by atoms with Gasteiger partial charge in [0.15, 0.2) is 0 Å². The summed E-state index contributed by atoms with van der Waals surface area (Å²) in [5.41, 5.74) is 0.388. The first-order chi connectivity index (χ1) is 7.11. The molecule has 0 spiro atoms.